The topological polar surface area (TPSA) is 61.4 Å². The lowest BCUT2D eigenvalue weighted by Gasteiger charge is -2.38. The maximum atomic E-state index is 13.0. The van der Waals surface area contributed by atoms with E-state index in [-0.39, 0.29) is 17.9 Å². The lowest BCUT2D eigenvalue weighted by Crippen LogP contribution is -2.50. The smallest absolute Gasteiger partial charge is 0.225 e. The summed E-state index contributed by atoms with van der Waals surface area (Å²) in [5.74, 6) is 1.35. The van der Waals surface area contributed by atoms with Crippen molar-refractivity contribution in [1.82, 2.24) is 15.5 Å². The molecular formula is C22H37N3O2. The van der Waals surface area contributed by atoms with E-state index in [1.165, 1.54) is 38.5 Å². The Kier molecular flexibility index (Phi) is 6.05. The number of carbonyl (C=O) groups is 2. The molecule has 2 amide bonds. The van der Waals surface area contributed by atoms with Crippen LogP contribution in [0.4, 0.5) is 0 Å². The van der Waals surface area contributed by atoms with Gasteiger partial charge in [0, 0.05) is 43.6 Å². The van der Waals surface area contributed by atoms with Crippen molar-refractivity contribution in [2.75, 3.05) is 7.05 Å². The van der Waals surface area contributed by atoms with Crippen LogP contribution in [-0.2, 0) is 9.59 Å². The summed E-state index contributed by atoms with van der Waals surface area (Å²) in [7, 11) is 2.02. The molecule has 0 radical (unpaired) electrons. The molecule has 0 aromatic carbocycles. The van der Waals surface area contributed by atoms with Gasteiger partial charge in [-0.25, -0.2) is 0 Å². The maximum absolute atomic E-state index is 13.0. The number of nitrogens with one attached hydrogen (secondary N) is 2. The van der Waals surface area contributed by atoms with Gasteiger partial charge in [-0.05, 0) is 70.1 Å². The molecule has 2 bridgehead atoms. The van der Waals surface area contributed by atoms with Gasteiger partial charge in [-0.15, -0.1) is 0 Å². The summed E-state index contributed by atoms with van der Waals surface area (Å²) in [6.45, 7) is 0. The van der Waals surface area contributed by atoms with Crippen molar-refractivity contribution in [3.8, 4) is 0 Å². The molecule has 5 nitrogen and oxygen atoms in total. The highest BCUT2D eigenvalue weighted by molar-refractivity contribution is 5.79. The first-order valence-electron chi connectivity index (χ1n) is 11.4. The molecule has 0 aromatic heterocycles. The highest BCUT2D eigenvalue weighted by Gasteiger charge is 2.38. The summed E-state index contributed by atoms with van der Waals surface area (Å²) >= 11 is 0. The maximum Gasteiger partial charge on any atom is 0.225 e. The van der Waals surface area contributed by atoms with E-state index in [0.717, 1.165) is 38.5 Å². The van der Waals surface area contributed by atoms with E-state index in [1.807, 2.05) is 7.05 Å². The molecule has 152 valence electrons. The largest absolute Gasteiger partial charge is 0.353 e. The number of hydrogen-bond acceptors (Lipinski definition) is 3. The normalized spacial score (nSPS) is 36.6. The van der Waals surface area contributed by atoms with Gasteiger partial charge in [0.15, 0.2) is 0 Å². The van der Waals surface area contributed by atoms with E-state index in [2.05, 4.69) is 15.5 Å². The first kappa shape index (κ1) is 19.2. The van der Waals surface area contributed by atoms with Crippen LogP contribution < -0.4 is 10.6 Å². The predicted octanol–water partition coefficient (Wildman–Crippen LogP) is 2.98. The van der Waals surface area contributed by atoms with Crippen LogP contribution in [0, 0.1) is 11.8 Å². The summed E-state index contributed by atoms with van der Waals surface area (Å²) in [6.07, 6.45) is 14.3. The lowest BCUT2D eigenvalue weighted by atomic mass is 9.84. The van der Waals surface area contributed by atoms with E-state index in [9.17, 15) is 9.59 Å². The Morgan fingerprint density at radius 2 is 1.56 bits per heavy atom. The van der Waals surface area contributed by atoms with Gasteiger partial charge in [0.2, 0.25) is 11.8 Å². The molecule has 2 saturated heterocycles. The Morgan fingerprint density at radius 3 is 2.19 bits per heavy atom. The zero-order valence-electron chi connectivity index (χ0n) is 16.9. The van der Waals surface area contributed by atoms with Gasteiger partial charge in [-0.3, -0.25) is 9.59 Å². The van der Waals surface area contributed by atoms with Gasteiger partial charge < -0.3 is 15.5 Å². The second-order valence-corrected chi connectivity index (χ2v) is 9.68. The average molecular weight is 376 g/mol. The van der Waals surface area contributed by atoms with Gasteiger partial charge in [0.1, 0.15) is 0 Å². The zero-order valence-corrected chi connectivity index (χ0v) is 16.9. The highest BCUT2D eigenvalue weighted by atomic mass is 16.2. The van der Waals surface area contributed by atoms with Gasteiger partial charge in [0.05, 0.1) is 0 Å². The molecule has 2 unspecified atom stereocenters. The van der Waals surface area contributed by atoms with Crippen molar-refractivity contribution in [1.29, 1.82) is 0 Å². The number of carbonyl (C=O) groups excluding carboxylic acids is 2. The summed E-state index contributed by atoms with van der Waals surface area (Å²) < 4.78 is 0. The predicted molar refractivity (Wildman–Crippen MR) is 106 cm³/mol. The summed E-state index contributed by atoms with van der Waals surface area (Å²) in [6, 6.07) is 1.94. The lowest BCUT2D eigenvalue weighted by molar-refractivity contribution is -0.138. The first-order chi connectivity index (χ1) is 13.1. The Hall–Kier alpha value is -1.10. The zero-order chi connectivity index (χ0) is 18.8. The van der Waals surface area contributed by atoms with Crippen LogP contribution in [0.15, 0.2) is 0 Å². The minimum Gasteiger partial charge on any atom is -0.353 e. The third kappa shape index (κ3) is 4.67. The molecule has 4 fully saturated rings. The van der Waals surface area contributed by atoms with E-state index in [4.69, 9.17) is 0 Å². The van der Waals surface area contributed by atoms with Crippen LogP contribution in [0.5, 0.6) is 0 Å². The number of piperidine rings is 1. The van der Waals surface area contributed by atoms with Crippen molar-refractivity contribution in [2.45, 2.75) is 108 Å². The average Bonchev–Trinajstić information content (AvgIpc) is 3.30. The second kappa shape index (κ2) is 8.50. The van der Waals surface area contributed by atoms with Gasteiger partial charge in [-0.1, -0.05) is 12.8 Å². The Bertz CT molecular complexity index is 526. The number of fused-ring (bicyclic) bond motifs is 2. The Balaban J connectivity index is 1.20. The Labute approximate surface area is 164 Å². The summed E-state index contributed by atoms with van der Waals surface area (Å²) in [5.41, 5.74) is 0. The third-order valence-electron chi connectivity index (χ3n) is 7.73. The SMILES string of the molecule is CN(C(=O)C1CCC(NC(=O)CC2CCCC2)CC1)C1CC2CCC(C1)N2. The Morgan fingerprint density at radius 1 is 0.926 bits per heavy atom. The van der Waals surface area contributed by atoms with E-state index in [1.54, 1.807) is 0 Å². The minimum atomic E-state index is 0.158. The quantitative estimate of drug-likeness (QED) is 0.777. The van der Waals surface area contributed by atoms with Crippen molar-refractivity contribution in [2.24, 2.45) is 11.8 Å². The fraction of sp³-hybridized carbons (Fsp3) is 0.909. The fourth-order valence-corrected chi connectivity index (χ4v) is 6.06. The number of hydrogen-bond donors (Lipinski definition) is 2. The molecule has 4 rings (SSSR count). The molecule has 2 N–H and O–H groups in total. The molecule has 5 heteroatoms. The number of nitrogens with zero attached hydrogens (tertiary/aromatic N) is 1. The molecular weight excluding hydrogens is 338 g/mol. The van der Waals surface area contributed by atoms with Gasteiger partial charge in [-0.2, -0.15) is 0 Å². The molecule has 2 heterocycles. The second-order valence-electron chi connectivity index (χ2n) is 9.68. The van der Waals surface area contributed by atoms with Crippen LogP contribution in [0.2, 0.25) is 0 Å². The molecule has 0 spiro atoms. The highest BCUT2D eigenvalue weighted by Crippen LogP contribution is 2.32. The molecule has 2 atom stereocenters. The molecule has 2 saturated carbocycles. The van der Waals surface area contributed by atoms with Crippen LogP contribution in [0.3, 0.4) is 0 Å². The van der Waals surface area contributed by atoms with Crippen LogP contribution in [-0.4, -0.2) is 47.9 Å². The van der Waals surface area contributed by atoms with Crippen LogP contribution >= 0.6 is 0 Å². The van der Waals surface area contributed by atoms with E-state index in [0.29, 0.717) is 36.4 Å². The molecule has 27 heavy (non-hydrogen) atoms. The van der Waals surface area contributed by atoms with Crippen LogP contribution in [0.25, 0.3) is 0 Å². The molecule has 0 aromatic rings. The van der Waals surface area contributed by atoms with E-state index < -0.39 is 0 Å². The van der Waals surface area contributed by atoms with E-state index >= 15 is 0 Å². The van der Waals surface area contributed by atoms with Crippen molar-refractivity contribution in [3.05, 3.63) is 0 Å². The standard InChI is InChI=1S/C22H37N3O2/c1-25(20-13-18-10-11-19(14-20)23-18)22(27)16-6-8-17(9-7-16)24-21(26)12-15-4-2-3-5-15/h15-20,23H,2-14H2,1H3,(H,24,26). The minimum absolute atomic E-state index is 0.158. The van der Waals surface area contributed by atoms with Crippen molar-refractivity contribution >= 4 is 11.8 Å². The number of rotatable bonds is 5. The number of amides is 2. The van der Waals surface area contributed by atoms with Crippen molar-refractivity contribution in [3.63, 3.8) is 0 Å². The first-order valence-corrected chi connectivity index (χ1v) is 11.4. The van der Waals surface area contributed by atoms with Gasteiger partial charge in [0.25, 0.3) is 0 Å². The van der Waals surface area contributed by atoms with Crippen LogP contribution in [0.1, 0.15) is 83.5 Å². The monoisotopic (exact) mass is 375 g/mol. The summed E-state index contributed by atoms with van der Waals surface area (Å²) in [5, 5.41) is 6.91. The molecule has 2 aliphatic heterocycles. The molecule has 2 aliphatic carbocycles. The van der Waals surface area contributed by atoms with Gasteiger partial charge >= 0.3 is 0 Å². The fourth-order valence-electron chi connectivity index (χ4n) is 6.06. The summed E-state index contributed by atoms with van der Waals surface area (Å²) in [4.78, 5) is 27.3. The van der Waals surface area contributed by atoms with Crippen molar-refractivity contribution < 1.29 is 9.59 Å². The molecule has 4 aliphatic rings. The third-order valence-corrected chi connectivity index (χ3v) is 7.73.